The molecule has 3 heteroatoms. The van der Waals surface area contributed by atoms with E-state index in [9.17, 15) is 4.79 Å². The van der Waals surface area contributed by atoms with Gasteiger partial charge >= 0.3 is 0 Å². The molecule has 0 saturated carbocycles. The van der Waals surface area contributed by atoms with E-state index in [0.29, 0.717) is 5.25 Å². The lowest BCUT2D eigenvalue weighted by Crippen LogP contribution is -2.30. The van der Waals surface area contributed by atoms with Gasteiger partial charge in [-0.3, -0.25) is 4.79 Å². The summed E-state index contributed by atoms with van der Waals surface area (Å²) in [4.78, 5) is 13.3. The molecule has 0 aliphatic carbocycles. The van der Waals surface area contributed by atoms with Crippen LogP contribution in [0, 0.1) is 0 Å². The number of hydrogen-bond acceptors (Lipinski definition) is 2. The van der Waals surface area contributed by atoms with Crippen LogP contribution in [0.1, 0.15) is 24.2 Å². The molecule has 1 aromatic rings. The molecule has 2 nitrogen and oxygen atoms in total. The lowest BCUT2D eigenvalue weighted by atomic mass is 10.1. The molecular formula is C13H17NOS. The third-order valence-corrected chi connectivity index (χ3v) is 4.29. The van der Waals surface area contributed by atoms with Crippen LogP contribution in [-0.2, 0) is 4.79 Å². The highest BCUT2D eigenvalue weighted by molar-refractivity contribution is 7.99. The number of carbonyl (C=O) groups is 1. The van der Waals surface area contributed by atoms with Crippen LogP contribution >= 0.6 is 11.8 Å². The van der Waals surface area contributed by atoms with Gasteiger partial charge in [-0.05, 0) is 12.0 Å². The van der Waals surface area contributed by atoms with Gasteiger partial charge in [-0.1, -0.05) is 30.3 Å². The zero-order valence-electron chi connectivity index (χ0n) is 9.56. The van der Waals surface area contributed by atoms with Crippen LogP contribution in [0.15, 0.2) is 30.3 Å². The molecule has 0 unspecified atom stereocenters. The third-order valence-electron chi connectivity index (χ3n) is 2.96. The highest BCUT2D eigenvalue weighted by atomic mass is 32.2. The summed E-state index contributed by atoms with van der Waals surface area (Å²) >= 11 is 1.96. The predicted molar refractivity (Wildman–Crippen MR) is 68.5 cm³/mol. The molecule has 1 aliphatic heterocycles. The third kappa shape index (κ3) is 2.79. The van der Waals surface area contributed by atoms with E-state index in [1.54, 1.807) is 6.92 Å². The summed E-state index contributed by atoms with van der Waals surface area (Å²) in [6.45, 7) is 3.44. The monoisotopic (exact) mass is 235 g/mol. The fourth-order valence-corrected chi connectivity index (χ4v) is 3.25. The molecule has 1 amide bonds. The van der Waals surface area contributed by atoms with Gasteiger partial charge in [-0.15, -0.1) is 0 Å². The molecule has 0 aromatic heterocycles. The zero-order chi connectivity index (χ0) is 11.4. The van der Waals surface area contributed by atoms with Gasteiger partial charge in [0, 0.05) is 31.0 Å². The molecular weight excluding hydrogens is 218 g/mol. The number of amides is 1. The van der Waals surface area contributed by atoms with E-state index in [1.165, 1.54) is 5.56 Å². The molecule has 1 aliphatic rings. The quantitative estimate of drug-likeness (QED) is 0.746. The first-order valence-electron chi connectivity index (χ1n) is 5.69. The van der Waals surface area contributed by atoms with Crippen LogP contribution in [-0.4, -0.2) is 29.6 Å². The van der Waals surface area contributed by atoms with Crippen LogP contribution in [0.2, 0.25) is 0 Å². The second kappa shape index (κ2) is 5.39. The van der Waals surface area contributed by atoms with Gasteiger partial charge < -0.3 is 4.90 Å². The van der Waals surface area contributed by atoms with Crippen molar-refractivity contribution in [1.82, 2.24) is 4.90 Å². The Morgan fingerprint density at radius 2 is 2.06 bits per heavy atom. The number of thioether (sulfide) groups is 1. The Labute approximate surface area is 101 Å². The lowest BCUT2D eigenvalue weighted by molar-refractivity contribution is -0.128. The van der Waals surface area contributed by atoms with E-state index in [0.717, 1.165) is 25.3 Å². The minimum absolute atomic E-state index is 0.203. The zero-order valence-corrected chi connectivity index (χ0v) is 10.4. The molecule has 16 heavy (non-hydrogen) atoms. The van der Waals surface area contributed by atoms with Gasteiger partial charge in [-0.25, -0.2) is 0 Å². The van der Waals surface area contributed by atoms with E-state index < -0.39 is 0 Å². The van der Waals surface area contributed by atoms with Crippen LogP contribution in [0.4, 0.5) is 0 Å². The topological polar surface area (TPSA) is 20.3 Å². The maximum Gasteiger partial charge on any atom is 0.219 e. The number of rotatable bonds is 1. The van der Waals surface area contributed by atoms with Crippen LogP contribution in [0.25, 0.3) is 0 Å². The Morgan fingerprint density at radius 1 is 1.31 bits per heavy atom. The average molecular weight is 235 g/mol. The van der Waals surface area contributed by atoms with E-state index >= 15 is 0 Å². The molecule has 1 atom stereocenters. The Kier molecular flexibility index (Phi) is 3.88. The minimum Gasteiger partial charge on any atom is -0.342 e. The molecule has 2 rings (SSSR count). The van der Waals surface area contributed by atoms with Gasteiger partial charge in [0.25, 0.3) is 0 Å². The van der Waals surface area contributed by atoms with Crippen molar-refractivity contribution in [2.45, 2.75) is 18.6 Å². The maximum atomic E-state index is 11.3. The standard InChI is InChI=1S/C13H17NOS/c1-11(15)14-8-7-13(16-10-9-14)12-5-3-2-4-6-12/h2-6,13H,7-10H2,1H3/t13-/m1/s1. The minimum atomic E-state index is 0.203. The fraction of sp³-hybridized carbons (Fsp3) is 0.462. The summed E-state index contributed by atoms with van der Waals surface area (Å²) in [6, 6.07) is 10.6. The highest BCUT2D eigenvalue weighted by Gasteiger charge is 2.19. The van der Waals surface area contributed by atoms with Gasteiger partial charge in [-0.2, -0.15) is 11.8 Å². The van der Waals surface area contributed by atoms with Crippen molar-refractivity contribution >= 4 is 17.7 Å². The Morgan fingerprint density at radius 3 is 2.75 bits per heavy atom. The first-order chi connectivity index (χ1) is 7.77. The molecule has 0 N–H and O–H groups in total. The van der Waals surface area contributed by atoms with Crippen LogP contribution < -0.4 is 0 Å². The van der Waals surface area contributed by atoms with Crippen molar-refractivity contribution in [3.05, 3.63) is 35.9 Å². The normalized spacial score (nSPS) is 21.6. The Bertz CT molecular complexity index is 352. The van der Waals surface area contributed by atoms with Crippen molar-refractivity contribution in [2.75, 3.05) is 18.8 Å². The van der Waals surface area contributed by atoms with E-state index in [-0.39, 0.29) is 5.91 Å². The van der Waals surface area contributed by atoms with E-state index in [1.807, 2.05) is 22.7 Å². The molecule has 0 spiro atoms. The number of nitrogens with zero attached hydrogens (tertiary/aromatic N) is 1. The van der Waals surface area contributed by atoms with Crippen molar-refractivity contribution in [3.8, 4) is 0 Å². The number of benzene rings is 1. The second-order valence-electron chi connectivity index (χ2n) is 4.06. The molecule has 0 bridgehead atoms. The van der Waals surface area contributed by atoms with Crippen molar-refractivity contribution < 1.29 is 4.79 Å². The average Bonchev–Trinajstić information content (AvgIpc) is 2.55. The number of hydrogen-bond donors (Lipinski definition) is 0. The molecule has 1 fully saturated rings. The molecule has 1 saturated heterocycles. The fourth-order valence-electron chi connectivity index (χ4n) is 2.02. The van der Waals surface area contributed by atoms with Gasteiger partial charge in [0.05, 0.1) is 0 Å². The molecule has 86 valence electrons. The predicted octanol–water partition coefficient (Wildman–Crippen LogP) is 2.71. The summed E-state index contributed by atoms with van der Waals surface area (Å²) in [5.74, 6) is 1.24. The summed E-state index contributed by atoms with van der Waals surface area (Å²) in [5, 5.41) is 0.547. The van der Waals surface area contributed by atoms with Crippen molar-refractivity contribution in [1.29, 1.82) is 0 Å². The van der Waals surface area contributed by atoms with Crippen LogP contribution in [0.5, 0.6) is 0 Å². The Hall–Kier alpha value is -0.960. The molecule has 1 heterocycles. The largest absolute Gasteiger partial charge is 0.342 e. The summed E-state index contributed by atoms with van der Waals surface area (Å²) in [7, 11) is 0. The van der Waals surface area contributed by atoms with E-state index in [4.69, 9.17) is 0 Å². The van der Waals surface area contributed by atoms with Crippen LogP contribution in [0.3, 0.4) is 0 Å². The first kappa shape index (κ1) is 11.5. The maximum absolute atomic E-state index is 11.3. The first-order valence-corrected chi connectivity index (χ1v) is 6.74. The van der Waals surface area contributed by atoms with Crippen molar-refractivity contribution in [2.24, 2.45) is 0 Å². The SMILES string of the molecule is CC(=O)N1CCS[C@@H](c2ccccc2)CC1. The number of carbonyl (C=O) groups excluding carboxylic acids is 1. The second-order valence-corrected chi connectivity index (χ2v) is 5.38. The van der Waals surface area contributed by atoms with Crippen molar-refractivity contribution in [3.63, 3.8) is 0 Å². The molecule has 1 aromatic carbocycles. The summed E-state index contributed by atoms with van der Waals surface area (Å²) < 4.78 is 0. The van der Waals surface area contributed by atoms with Gasteiger partial charge in [0.1, 0.15) is 0 Å². The highest BCUT2D eigenvalue weighted by Crippen LogP contribution is 2.33. The molecule has 0 radical (unpaired) electrons. The van der Waals surface area contributed by atoms with E-state index in [2.05, 4.69) is 24.3 Å². The Balaban J connectivity index is 2.02. The van der Waals surface area contributed by atoms with Gasteiger partial charge in [0.15, 0.2) is 0 Å². The lowest BCUT2D eigenvalue weighted by Gasteiger charge is -2.17. The van der Waals surface area contributed by atoms with Gasteiger partial charge in [0.2, 0.25) is 5.91 Å². The summed E-state index contributed by atoms with van der Waals surface area (Å²) in [6.07, 6.45) is 1.06. The smallest absolute Gasteiger partial charge is 0.219 e. The summed E-state index contributed by atoms with van der Waals surface area (Å²) in [5.41, 5.74) is 1.39.